The number of nitrogens with one attached hydrogen (secondary N) is 1. The van der Waals surface area contributed by atoms with Crippen molar-refractivity contribution in [3.05, 3.63) is 21.9 Å². The summed E-state index contributed by atoms with van der Waals surface area (Å²) in [5.41, 5.74) is 1.34. The van der Waals surface area contributed by atoms with Crippen molar-refractivity contribution < 1.29 is 4.79 Å². The molecule has 1 atom stereocenters. The molecule has 0 spiro atoms. The van der Waals surface area contributed by atoms with Gasteiger partial charge in [-0.2, -0.15) is 0 Å². The van der Waals surface area contributed by atoms with E-state index >= 15 is 0 Å². The van der Waals surface area contributed by atoms with Gasteiger partial charge in [-0.05, 0) is 30.4 Å². The average Bonchev–Trinajstić information content (AvgIpc) is 2.63. The summed E-state index contributed by atoms with van der Waals surface area (Å²) in [6, 6.07) is 2.12. The molecule has 1 N–H and O–H groups in total. The maximum Gasteiger partial charge on any atom is 0.228 e. The molecule has 0 aromatic carbocycles. The lowest BCUT2D eigenvalue weighted by Crippen LogP contribution is -2.26. The highest BCUT2D eigenvalue weighted by Gasteiger charge is 2.22. The molecule has 14 heavy (non-hydrogen) atoms. The fraction of sp³-hybridized carbons (Fsp3) is 0.545. The molecule has 78 valence electrons. The van der Waals surface area contributed by atoms with Crippen molar-refractivity contribution in [1.82, 2.24) is 5.32 Å². The number of hydrogen-bond donors (Lipinski definition) is 1. The van der Waals surface area contributed by atoms with Gasteiger partial charge in [-0.1, -0.05) is 13.8 Å². The second-order valence-electron chi connectivity index (χ2n) is 3.07. The number of thiophene rings is 1. The molecule has 0 aliphatic carbocycles. The first-order valence-electron chi connectivity index (χ1n) is 5.13. The van der Waals surface area contributed by atoms with Crippen molar-refractivity contribution in [3.8, 4) is 0 Å². The Morgan fingerprint density at radius 1 is 1.50 bits per heavy atom. The Kier molecular flexibility index (Phi) is 4.14. The molecular formula is C11H17NOS. The van der Waals surface area contributed by atoms with Crippen LogP contribution in [0.4, 0.5) is 0 Å². The van der Waals surface area contributed by atoms with Gasteiger partial charge in [0.25, 0.3) is 0 Å². The van der Waals surface area contributed by atoms with Gasteiger partial charge in [0.2, 0.25) is 5.91 Å². The molecule has 1 unspecified atom stereocenters. The van der Waals surface area contributed by atoms with Crippen LogP contribution in [0, 0.1) is 0 Å². The van der Waals surface area contributed by atoms with Crippen molar-refractivity contribution in [2.45, 2.75) is 33.1 Å². The molecule has 3 heteroatoms. The van der Waals surface area contributed by atoms with Gasteiger partial charge < -0.3 is 5.32 Å². The standard InChI is InChI=1S/C9H11NOS.C2H6/c1-6-8-7(3-5-12-8)2-4-10-9(6)11;1-2/h3,5-6H,2,4H2,1H3,(H,10,11);1-2H3. The highest BCUT2D eigenvalue weighted by Crippen LogP contribution is 2.27. The molecule has 0 fully saturated rings. The van der Waals surface area contributed by atoms with Crippen molar-refractivity contribution in [2.24, 2.45) is 0 Å². The zero-order valence-corrected chi connectivity index (χ0v) is 9.78. The predicted molar refractivity (Wildman–Crippen MR) is 60.8 cm³/mol. The summed E-state index contributed by atoms with van der Waals surface area (Å²) >= 11 is 1.69. The normalized spacial score (nSPS) is 19.9. The first-order valence-corrected chi connectivity index (χ1v) is 6.01. The summed E-state index contributed by atoms with van der Waals surface area (Å²) in [6.07, 6.45) is 0.981. The molecule has 1 aromatic rings. The van der Waals surface area contributed by atoms with Crippen molar-refractivity contribution in [3.63, 3.8) is 0 Å². The zero-order chi connectivity index (χ0) is 10.6. The van der Waals surface area contributed by atoms with E-state index in [1.54, 1.807) is 11.3 Å². The predicted octanol–water partition coefficient (Wildman–Crippen LogP) is 2.55. The number of hydrogen-bond acceptors (Lipinski definition) is 2. The van der Waals surface area contributed by atoms with Gasteiger partial charge >= 0.3 is 0 Å². The van der Waals surface area contributed by atoms with Crippen LogP contribution in [0.25, 0.3) is 0 Å². The minimum absolute atomic E-state index is 0.0440. The van der Waals surface area contributed by atoms with Gasteiger partial charge in [0, 0.05) is 11.4 Å². The van der Waals surface area contributed by atoms with Crippen LogP contribution in [0.2, 0.25) is 0 Å². The van der Waals surface area contributed by atoms with Gasteiger partial charge in [0.05, 0.1) is 5.92 Å². The second-order valence-corrected chi connectivity index (χ2v) is 4.02. The Balaban J connectivity index is 0.000000461. The third-order valence-corrected chi connectivity index (χ3v) is 3.40. The molecule has 1 aliphatic heterocycles. The van der Waals surface area contributed by atoms with Gasteiger partial charge in [0.1, 0.15) is 0 Å². The topological polar surface area (TPSA) is 29.1 Å². The molecule has 2 nitrogen and oxygen atoms in total. The minimum atomic E-state index is 0.0440. The molecule has 0 saturated heterocycles. The summed E-state index contributed by atoms with van der Waals surface area (Å²) in [7, 11) is 0. The van der Waals surface area contributed by atoms with Gasteiger partial charge in [-0.15, -0.1) is 11.3 Å². The molecule has 1 aliphatic rings. The van der Waals surface area contributed by atoms with Crippen LogP contribution in [0.15, 0.2) is 11.4 Å². The Hall–Kier alpha value is -0.830. The zero-order valence-electron chi connectivity index (χ0n) is 8.96. The number of carbonyl (C=O) groups is 1. The summed E-state index contributed by atoms with van der Waals surface area (Å²) in [5, 5.41) is 4.96. The first kappa shape index (κ1) is 11.2. The Bertz CT molecular complexity index is 306. The van der Waals surface area contributed by atoms with Crippen molar-refractivity contribution >= 4 is 17.2 Å². The lowest BCUT2D eigenvalue weighted by atomic mass is 10.1. The minimum Gasteiger partial charge on any atom is -0.355 e. The van der Waals surface area contributed by atoms with E-state index in [4.69, 9.17) is 0 Å². The smallest absolute Gasteiger partial charge is 0.228 e. The lowest BCUT2D eigenvalue weighted by Gasteiger charge is -2.05. The Morgan fingerprint density at radius 2 is 2.21 bits per heavy atom. The molecule has 1 amide bonds. The summed E-state index contributed by atoms with van der Waals surface area (Å²) in [6.45, 7) is 6.75. The van der Waals surface area contributed by atoms with Crippen molar-refractivity contribution in [1.29, 1.82) is 0 Å². The van der Waals surface area contributed by atoms with E-state index in [1.165, 1.54) is 10.4 Å². The van der Waals surface area contributed by atoms with E-state index in [9.17, 15) is 4.79 Å². The molecule has 0 saturated carbocycles. The molecule has 2 rings (SSSR count). The average molecular weight is 211 g/mol. The van der Waals surface area contributed by atoms with Crippen LogP contribution in [-0.2, 0) is 11.2 Å². The first-order chi connectivity index (χ1) is 6.79. The number of carbonyl (C=O) groups excluding carboxylic acids is 1. The Labute approximate surface area is 89.3 Å². The highest BCUT2D eigenvalue weighted by molar-refractivity contribution is 7.10. The monoisotopic (exact) mass is 211 g/mol. The van der Waals surface area contributed by atoms with E-state index in [0.717, 1.165) is 13.0 Å². The molecule has 0 bridgehead atoms. The van der Waals surface area contributed by atoms with Crippen LogP contribution < -0.4 is 5.32 Å². The molecule has 1 aromatic heterocycles. The Morgan fingerprint density at radius 3 is 2.93 bits per heavy atom. The largest absolute Gasteiger partial charge is 0.355 e. The highest BCUT2D eigenvalue weighted by atomic mass is 32.1. The van der Waals surface area contributed by atoms with Crippen LogP contribution in [0.3, 0.4) is 0 Å². The quantitative estimate of drug-likeness (QED) is 0.702. The van der Waals surface area contributed by atoms with Crippen molar-refractivity contribution in [2.75, 3.05) is 6.54 Å². The summed E-state index contributed by atoms with van der Waals surface area (Å²) < 4.78 is 0. The maximum absolute atomic E-state index is 11.4. The van der Waals surface area contributed by atoms with Gasteiger partial charge in [0.15, 0.2) is 0 Å². The SMILES string of the molecule is CC.CC1C(=O)NCCc2ccsc21. The van der Waals surface area contributed by atoms with Gasteiger partial charge in [-0.3, -0.25) is 4.79 Å². The number of amides is 1. The maximum atomic E-state index is 11.4. The van der Waals surface area contributed by atoms with Crippen LogP contribution in [0.1, 0.15) is 37.1 Å². The molecule has 0 radical (unpaired) electrons. The van der Waals surface area contributed by atoms with Gasteiger partial charge in [-0.25, -0.2) is 0 Å². The van der Waals surface area contributed by atoms with Crippen LogP contribution >= 0.6 is 11.3 Å². The number of fused-ring (bicyclic) bond motifs is 1. The van der Waals surface area contributed by atoms with E-state index in [2.05, 4.69) is 16.8 Å². The van der Waals surface area contributed by atoms with E-state index < -0.39 is 0 Å². The summed E-state index contributed by atoms with van der Waals surface area (Å²) in [5.74, 6) is 0.207. The fourth-order valence-corrected chi connectivity index (χ4v) is 2.54. The number of rotatable bonds is 0. The van der Waals surface area contributed by atoms with E-state index in [1.807, 2.05) is 20.8 Å². The fourth-order valence-electron chi connectivity index (χ4n) is 1.53. The third kappa shape index (κ3) is 2.15. The van der Waals surface area contributed by atoms with Crippen LogP contribution in [0.5, 0.6) is 0 Å². The van der Waals surface area contributed by atoms with E-state index in [-0.39, 0.29) is 11.8 Å². The second kappa shape index (κ2) is 5.15. The summed E-state index contributed by atoms with van der Waals surface area (Å²) in [4.78, 5) is 12.6. The lowest BCUT2D eigenvalue weighted by molar-refractivity contribution is -0.121. The van der Waals surface area contributed by atoms with E-state index in [0.29, 0.717) is 0 Å². The third-order valence-electron chi connectivity index (χ3n) is 2.26. The van der Waals surface area contributed by atoms with Crippen LogP contribution in [-0.4, -0.2) is 12.5 Å². The molecular weight excluding hydrogens is 194 g/mol. The molecule has 2 heterocycles.